The molecule has 2 aromatic carbocycles. The van der Waals surface area contributed by atoms with Crippen LogP contribution in [0.1, 0.15) is 52.7 Å². The Kier molecular flexibility index (Phi) is 5.02. The lowest BCUT2D eigenvalue weighted by molar-refractivity contribution is 0.0729. The summed E-state index contributed by atoms with van der Waals surface area (Å²) in [5.41, 5.74) is 3.52. The Morgan fingerprint density at radius 3 is 2.46 bits per heavy atom. The predicted octanol–water partition coefficient (Wildman–Crippen LogP) is 3.55. The van der Waals surface area contributed by atoms with Crippen molar-refractivity contribution >= 4 is 15.9 Å². The number of sulfonamides is 1. The fraction of sp³-hybridized carbons (Fsp3) is 0.409. The Morgan fingerprint density at radius 2 is 1.82 bits per heavy atom. The van der Waals surface area contributed by atoms with E-state index in [2.05, 4.69) is 10.8 Å². The number of nitrogens with zero attached hydrogens (tertiary/aromatic N) is 1. The van der Waals surface area contributed by atoms with Gasteiger partial charge in [-0.15, -0.1) is 0 Å². The van der Waals surface area contributed by atoms with E-state index in [4.69, 9.17) is 0 Å². The zero-order chi connectivity index (χ0) is 19.9. The zero-order valence-electron chi connectivity index (χ0n) is 16.3. The molecule has 2 fully saturated rings. The quantitative estimate of drug-likeness (QED) is 0.776. The number of carbonyl (C=O) groups is 1. The van der Waals surface area contributed by atoms with Crippen molar-refractivity contribution in [2.75, 3.05) is 0 Å². The minimum Gasteiger partial charge on any atom is -0.331 e. The van der Waals surface area contributed by atoms with E-state index in [0.29, 0.717) is 12.1 Å². The Balaban J connectivity index is 1.62. The number of amides is 1. The molecule has 0 heterocycles. The molecule has 0 saturated heterocycles. The molecule has 5 nitrogen and oxygen atoms in total. The van der Waals surface area contributed by atoms with Gasteiger partial charge >= 0.3 is 0 Å². The highest BCUT2D eigenvalue weighted by Gasteiger charge is 2.34. The predicted molar refractivity (Wildman–Crippen MR) is 109 cm³/mol. The summed E-state index contributed by atoms with van der Waals surface area (Å²) >= 11 is 0. The standard InChI is InChI=1S/C22H26N2O3S/c1-15-4-3-5-17(12-15)14-24(19-9-10-19)22(25)21-13-20(11-6-16(21)2)28(26,27)23-18-7-8-18/h3-6,11-13,18-19,23H,7-10,14H2,1-2H3. The topological polar surface area (TPSA) is 66.5 Å². The molecule has 0 unspecified atom stereocenters. The lowest BCUT2D eigenvalue weighted by atomic mass is 10.1. The lowest BCUT2D eigenvalue weighted by Crippen LogP contribution is -2.33. The third-order valence-corrected chi connectivity index (χ3v) is 6.85. The van der Waals surface area contributed by atoms with E-state index in [9.17, 15) is 13.2 Å². The number of nitrogens with one attached hydrogen (secondary N) is 1. The van der Waals surface area contributed by atoms with Gasteiger partial charge in [0.25, 0.3) is 5.91 Å². The molecule has 2 aliphatic rings. The third kappa shape index (κ3) is 4.28. The van der Waals surface area contributed by atoms with Gasteiger partial charge in [-0.3, -0.25) is 4.79 Å². The van der Waals surface area contributed by atoms with Crippen molar-refractivity contribution < 1.29 is 13.2 Å². The van der Waals surface area contributed by atoms with Crippen LogP contribution in [-0.4, -0.2) is 31.3 Å². The van der Waals surface area contributed by atoms with Crippen LogP contribution in [0.3, 0.4) is 0 Å². The summed E-state index contributed by atoms with van der Waals surface area (Å²) in [6.07, 6.45) is 3.75. The van der Waals surface area contributed by atoms with Gasteiger partial charge in [-0.25, -0.2) is 13.1 Å². The fourth-order valence-corrected chi connectivity index (χ4v) is 4.73. The summed E-state index contributed by atoms with van der Waals surface area (Å²) in [5, 5.41) is 0. The largest absolute Gasteiger partial charge is 0.331 e. The van der Waals surface area contributed by atoms with E-state index in [1.165, 1.54) is 6.07 Å². The van der Waals surface area contributed by atoms with Crippen molar-refractivity contribution in [1.82, 2.24) is 9.62 Å². The van der Waals surface area contributed by atoms with Crippen LogP contribution in [0.15, 0.2) is 47.4 Å². The highest BCUT2D eigenvalue weighted by atomic mass is 32.2. The van der Waals surface area contributed by atoms with Crippen LogP contribution >= 0.6 is 0 Å². The highest BCUT2D eigenvalue weighted by molar-refractivity contribution is 7.89. The van der Waals surface area contributed by atoms with Crippen molar-refractivity contribution in [3.8, 4) is 0 Å². The molecule has 0 atom stereocenters. The number of carbonyl (C=O) groups excluding carboxylic acids is 1. The summed E-state index contributed by atoms with van der Waals surface area (Å²) < 4.78 is 27.8. The molecule has 2 saturated carbocycles. The average molecular weight is 399 g/mol. The van der Waals surface area contributed by atoms with E-state index < -0.39 is 10.0 Å². The fourth-order valence-electron chi connectivity index (χ4n) is 3.40. The van der Waals surface area contributed by atoms with E-state index in [1.54, 1.807) is 12.1 Å². The minimum absolute atomic E-state index is 0.0368. The Hall–Kier alpha value is -2.18. The van der Waals surface area contributed by atoms with Crippen LogP contribution in [0.4, 0.5) is 0 Å². The van der Waals surface area contributed by atoms with Gasteiger partial charge in [-0.05, 0) is 62.8 Å². The Morgan fingerprint density at radius 1 is 1.07 bits per heavy atom. The second-order valence-corrected chi connectivity index (χ2v) is 9.74. The summed E-state index contributed by atoms with van der Waals surface area (Å²) in [4.78, 5) is 15.4. The van der Waals surface area contributed by atoms with Gasteiger partial charge in [-0.2, -0.15) is 0 Å². The average Bonchev–Trinajstić information content (AvgIpc) is 3.54. The number of rotatable bonds is 7. The van der Waals surface area contributed by atoms with Gasteiger partial charge in [0.2, 0.25) is 10.0 Å². The molecule has 28 heavy (non-hydrogen) atoms. The van der Waals surface area contributed by atoms with Crippen LogP contribution in [-0.2, 0) is 16.6 Å². The van der Waals surface area contributed by atoms with Crippen molar-refractivity contribution in [2.24, 2.45) is 0 Å². The number of hydrogen-bond donors (Lipinski definition) is 1. The first kappa shape index (κ1) is 19.2. The van der Waals surface area contributed by atoms with E-state index >= 15 is 0 Å². The molecule has 0 radical (unpaired) electrons. The lowest BCUT2D eigenvalue weighted by Gasteiger charge is -2.24. The Bertz CT molecular complexity index is 1010. The van der Waals surface area contributed by atoms with Crippen LogP contribution in [0, 0.1) is 13.8 Å². The second kappa shape index (κ2) is 7.33. The molecule has 0 bridgehead atoms. The first-order valence-corrected chi connectivity index (χ1v) is 11.3. The molecular weight excluding hydrogens is 372 g/mol. The van der Waals surface area contributed by atoms with Crippen molar-refractivity contribution in [2.45, 2.75) is 63.1 Å². The maximum Gasteiger partial charge on any atom is 0.254 e. The SMILES string of the molecule is Cc1cccc(CN(C(=O)c2cc(S(=O)(=O)NC3CC3)ccc2C)C2CC2)c1. The highest BCUT2D eigenvalue weighted by Crippen LogP contribution is 2.31. The molecule has 2 aliphatic carbocycles. The normalized spacial score (nSPS) is 16.8. The molecule has 6 heteroatoms. The number of hydrogen-bond acceptors (Lipinski definition) is 3. The molecule has 148 valence electrons. The number of benzene rings is 2. The van der Waals surface area contributed by atoms with Crippen molar-refractivity contribution in [3.05, 3.63) is 64.7 Å². The van der Waals surface area contributed by atoms with Crippen LogP contribution in [0.5, 0.6) is 0 Å². The van der Waals surface area contributed by atoms with Crippen LogP contribution in [0.25, 0.3) is 0 Å². The van der Waals surface area contributed by atoms with Crippen LogP contribution < -0.4 is 4.72 Å². The first-order chi connectivity index (χ1) is 13.3. The van der Waals surface area contributed by atoms with E-state index in [-0.39, 0.29) is 22.9 Å². The summed E-state index contributed by atoms with van der Waals surface area (Å²) in [7, 11) is -3.59. The molecule has 4 rings (SSSR count). The molecule has 0 spiro atoms. The Labute approximate surface area is 166 Å². The molecule has 2 aromatic rings. The minimum atomic E-state index is -3.59. The van der Waals surface area contributed by atoms with Crippen molar-refractivity contribution in [1.29, 1.82) is 0 Å². The van der Waals surface area contributed by atoms with Gasteiger partial charge in [0.05, 0.1) is 4.90 Å². The monoisotopic (exact) mass is 398 g/mol. The summed E-state index contributed by atoms with van der Waals surface area (Å²) in [5.74, 6) is -0.0926. The zero-order valence-corrected chi connectivity index (χ0v) is 17.1. The molecule has 0 aliphatic heterocycles. The van der Waals surface area contributed by atoms with Gasteiger partial charge in [0, 0.05) is 24.2 Å². The van der Waals surface area contributed by atoms with Gasteiger partial charge < -0.3 is 4.90 Å². The van der Waals surface area contributed by atoms with Gasteiger partial charge in [0.15, 0.2) is 0 Å². The molecular formula is C22H26N2O3S. The summed E-state index contributed by atoms with van der Waals surface area (Å²) in [6, 6.07) is 13.3. The maximum atomic E-state index is 13.4. The number of aryl methyl sites for hydroxylation is 2. The van der Waals surface area contributed by atoms with Gasteiger partial charge in [-0.1, -0.05) is 35.9 Å². The smallest absolute Gasteiger partial charge is 0.254 e. The summed E-state index contributed by atoms with van der Waals surface area (Å²) in [6.45, 7) is 4.44. The molecule has 1 amide bonds. The maximum absolute atomic E-state index is 13.4. The van der Waals surface area contributed by atoms with Crippen LogP contribution in [0.2, 0.25) is 0 Å². The molecule has 0 aromatic heterocycles. The van der Waals surface area contributed by atoms with E-state index in [1.807, 2.05) is 36.9 Å². The van der Waals surface area contributed by atoms with E-state index in [0.717, 1.165) is 42.4 Å². The van der Waals surface area contributed by atoms with Gasteiger partial charge in [0.1, 0.15) is 0 Å². The molecule has 1 N–H and O–H groups in total. The van der Waals surface area contributed by atoms with Crippen molar-refractivity contribution in [3.63, 3.8) is 0 Å². The first-order valence-electron chi connectivity index (χ1n) is 9.83. The third-order valence-electron chi connectivity index (χ3n) is 5.33. The second-order valence-electron chi connectivity index (χ2n) is 8.03.